The van der Waals surface area contributed by atoms with Crippen molar-refractivity contribution in [2.75, 3.05) is 0 Å². The van der Waals surface area contributed by atoms with Gasteiger partial charge in [0.15, 0.2) is 0 Å². The monoisotopic (exact) mass is 77.1 g/mol. The molecule has 1 heterocycles. The fourth-order valence-electron chi connectivity index (χ4n) is 0.246. The first-order chi connectivity index (χ1) is 3.00. The van der Waals surface area contributed by atoms with E-state index >= 15 is 0 Å². The van der Waals surface area contributed by atoms with Gasteiger partial charge in [0.2, 0.25) is 0 Å². The Bertz CT molecular complexity index is 51.1. The third-order valence-electron chi connectivity index (χ3n) is 0.465. The number of nitrogens with one attached hydrogen (secondary N) is 2. The van der Waals surface area contributed by atoms with Gasteiger partial charge in [0.1, 0.15) is 0 Å². The van der Waals surface area contributed by atoms with Crippen LogP contribution in [-0.2, 0) is 0 Å². The Morgan fingerprint density at radius 3 is 2.50 bits per heavy atom. The molecule has 0 spiro atoms. The molecule has 0 saturated heterocycles. The van der Waals surface area contributed by atoms with Gasteiger partial charge in [-0.2, -0.15) is 0 Å². The van der Waals surface area contributed by atoms with Gasteiger partial charge in [0.05, 0.1) is 0 Å². The topological polar surface area (TPSA) is 36.4 Å². The van der Waals surface area contributed by atoms with Crippen molar-refractivity contribution in [2.45, 2.75) is 0 Å². The van der Waals surface area contributed by atoms with Crippen molar-refractivity contribution in [3.05, 3.63) is 0 Å². The van der Waals surface area contributed by atoms with Crippen LogP contribution in [0.25, 0.3) is 0 Å². The van der Waals surface area contributed by atoms with Crippen LogP contribution in [0.3, 0.4) is 0 Å². The Morgan fingerprint density at radius 1 is 1.33 bits per heavy atom. The summed E-state index contributed by atoms with van der Waals surface area (Å²) in [4.78, 5) is 3.67. The summed E-state index contributed by atoms with van der Waals surface area (Å²) in [6.07, 6.45) is 0. The molecule has 0 aliphatic carbocycles. The van der Waals surface area contributed by atoms with Crippen LogP contribution in [0, 0.1) is 0 Å². The summed E-state index contributed by atoms with van der Waals surface area (Å²) in [5.41, 5.74) is 0. The Balaban J connectivity index is 2.26. The zero-order chi connectivity index (χ0) is 4.24. The molecule has 0 atom stereocenters. The van der Waals surface area contributed by atoms with Crippen LogP contribution >= 0.6 is 0 Å². The number of hydrogen-bond donors (Lipinski definition) is 2. The Morgan fingerprint density at radius 2 is 2.33 bits per heavy atom. The van der Waals surface area contributed by atoms with Gasteiger partial charge < -0.3 is 0 Å². The maximum absolute atomic E-state index is 3.67. The van der Waals surface area contributed by atoms with Crippen LogP contribution in [0.1, 0.15) is 0 Å². The molecular formula is H2B3N3. The Hall–Kier alpha value is -0.245. The average Bonchev–Trinajstić information content (AvgIpc) is 1.72. The van der Waals surface area contributed by atoms with Crippen LogP contribution < -0.4 is 10.3 Å². The van der Waals surface area contributed by atoms with E-state index in [1.165, 1.54) is 0 Å². The second-order valence-corrected chi connectivity index (χ2v) is 0.885. The van der Waals surface area contributed by atoms with E-state index in [2.05, 4.69) is 15.1 Å². The molecule has 6 heavy (non-hydrogen) atoms. The molecule has 0 amide bonds. The van der Waals surface area contributed by atoms with Crippen molar-refractivity contribution in [3.8, 4) is 0 Å². The summed E-state index contributed by atoms with van der Waals surface area (Å²) >= 11 is 0. The van der Waals surface area contributed by atoms with Crippen molar-refractivity contribution in [2.24, 2.45) is 4.81 Å². The van der Waals surface area contributed by atoms with E-state index in [1.54, 1.807) is 22.3 Å². The normalized spacial score (nSPS) is 16.0. The van der Waals surface area contributed by atoms with Crippen molar-refractivity contribution in [1.29, 1.82) is 0 Å². The molecule has 0 aromatic rings. The zero-order valence-corrected chi connectivity index (χ0v) is 3.18. The predicted molar refractivity (Wildman–Crippen MR) is 26.0 cm³/mol. The Kier molecular flexibility index (Phi) is 1.33. The van der Waals surface area contributed by atoms with E-state index in [-0.39, 0.29) is 0 Å². The van der Waals surface area contributed by atoms with Crippen LogP contribution in [0.15, 0.2) is 4.81 Å². The fourth-order valence-corrected chi connectivity index (χ4v) is 0.246. The van der Waals surface area contributed by atoms with Gasteiger partial charge in [0, 0.05) is 0 Å². The molecule has 1 aliphatic rings. The molecular weight excluding hydrogens is 74.5 g/mol. The van der Waals surface area contributed by atoms with E-state index in [1.807, 2.05) is 0 Å². The fraction of sp³-hybridized carbons (Fsp3) is 0. The summed E-state index contributed by atoms with van der Waals surface area (Å²) in [6, 6.07) is 0. The molecule has 1 aliphatic heterocycles. The first-order valence-electron chi connectivity index (χ1n) is 1.67. The van der Waals surface area contributed by atoms with Gasteiger partial charge in [-0.15, -0.1) is 0 Å². The van der Waals surface area contributed by atoms with Crippen molar-refractivity contribution in [3.63, 3.8) is 0 Å². The van der Waals surface area contributed by atoms with Crippen LogP contribution in [0.4, 0.5) is 0 Å². The quantitative estimate of drug-likeness (QED) is 0.329. The molecule has 0 unspecified atom stereocenters. The zero-order valence-electron chi connectivity index (χ0n) is 3.18. The minimum absolute atomic E-state index is 1.59. The third-order valence-corrected chi connectivity index (χ3v) is 0.465. The summed E-state index contributed by atoms with van der Waals surface area (Å²) in [6.45, 7) is 0. The second kappa shape index (κ2) is 2.02. The van der Waals surface area contributed by atoms with Crippen molar-refractivity contribution < 1.29 is 0 Å². The number of rotatable bonds is 0. The van der Waals surface area contributed by atoms with E-state index in [4.69, 9.17) is 0 Å². The van der Waals surface area contributed by atoms with E-state index in [0.717, 1.165) is 0 Å². The van der Waals surface area contributed by atoms with Crippen LogP contribution in [-0.4, -0.2) is 22.3 Å². The Labute approximate surface area is 38.4 Å². The van der Waals surface area contributed by atoms with Crippen LogP contribution in [0.5, 0.6) is 0 Å². The molecule has 1 rings (SSSR count). The molecule has 3 nitrogen and oxygen atoms in total. The molecule has 0 aromatic heterocycles. The van der Waals surface area contributed by atoms with E-state index in [0.29, 0.717) is 0 Å². The molecule has 0 saturated carbocycles. The third kappa shape index (κ3) is 0.860. The molecule has 0 bridgehead atoms. The van der Waals surface area contributed by atoms with E-state index < -0.39 is 0 Å². The molecule has 0 aromatic carbocycles. The van der Waals surface area contributed by atoms with Gasteiger partial charge in [0.25, 0.3) is 0 Å². The minimum atomic E-state index is 1.59. The van der Waals surface area contributed by atoms with Gasteiger partial charge in [-0.1, -0.05) is 0 Å². The first kappa shape index (κ1) is 3.93. The first-order valence-corrected chi connectivity index (χ1v) is 1.67. The molecule has 6 heteroatoms. The molecule has 2 N–H and O–H groups in total. The van der Waals surface area contributed by atoms with Gasteiger partial charge in [-0.3, -0.25) is 0 Å². The molecule has 0 fully saturated rings. The van der Waals surface area contributed by atoms with Crippen molar-refractivity contribution in [1.82, 2.24) is 10.3 Å². The van der Waals surface area contributed by atoms with Gasteiger partial charge >= 0.3 is 37.4 Å². The average molecular weight is 76.5 g/mol. The standard InChI is InChI=1S/B3H2N3/c1-4-2-6-3-5-1/h4-5H. The summed E-state index contributed by atoms with van der Waals surface area (Å²) in [5, 5.41) is 5.45. The molecule has 2 radical (unpaired) electrons. The molecule has 26 valence electrons. The second-order valence-electron chi connectivity index (χ2n) is 0.885. The van der Waals surface area contributed by atoms with E-state index in [9.17, 15) is 0 Å². The predicted octanol–water partition coefficient (Wildman–Crippen LogP) is -1.95. The SMILES string of the molecule is [B]1N=BN[B]N1. The summed E-state index contributed by atoms with van der Waals surface area (Å²) < 4.78 is 0. The number of hydrogen-bond acceptors (Lipinski definition) is 3. The number of nitrogens with zero attached hydrogens (tertiary/aromatic N) is 1. The maximum atomic E-state index is 3.67. The summed E-state index contributed by atoms with van der Waals surface area (Å²) in [5.74, 6) is 0. The van der Waals surface area contributed by atoms with Crippen molar-refractivity contribution >= 4 is 22.3 Å². The van der Waals surface area contributed by atoms with Gasteiger partial charge in [-0.05, 0) is 0 Å². The van der Waals surface area contributed by atoms with Gasteiger partial charge in [-0.25, -0.2) is 0 Å². The summed E-state index contributed by atoms with van der Waals surface area (Å²) in [7, 11) is 4.88. The van der Waals surface area contributed by atoms with Crippen LogP contribution in [0.2, 0.25) is 0 Å².